The van der Waals surface area contributed by atoms with Crippen molar-refractivity contribution >= 4 is 11.9 Å². The lowest BCUT2D eigenvalue weighted by molar-refractivity contribution is -0.137. The van der Waals surface area contributed by atoms with Crippen LogP contribution < -0.4 is 14.8 Å². The molecule has 28 heavy (non-hydrogen) atoms. The summed E-state index contributed by atoms with van der Waals surface area (Å²) in [5.74, 6) is -0.352. The molecule has 146 valence electrons. The second-order valence-electron chi connectivity index (χ2n) is 6.21. The van der Waals surface area contributed by atoms with Gasteiger partial charge in [-0.25, -0.2) is 0 Å². The molecule has 7 nitrogen and oxygen atoms in total. The summed E-state index contributed by atoms with van der Waals surface area (Å²) in [5, 5.41) is 21.0. The highest BCUT2D eigenvalue weighted by atomic mass is 16.5. The van der Waals surface area contributed by atoms with E-state index < -0.39 is 12.0 Å². The van der Waals surface area contributed by atoms with Crippen molar-refractivity contribution in [2.75, 3.05) is 14.2 Å². The zero-order valence-electron chi connectivity index (χ0n) is 15.8. The van der Waals surface area contributed by atoms with Gasteiger partial charge in [-0.1, -0.05) is 24.3 Å². The second kappa shape index (κ2) is 9.97. The normalized spacial score (nSPS) is 11.2. The average Bonchev–Trinajstić information content (AvgIpc) is 2.67. The SMILES string of the molecule is COc1cccc(CC(=O)N[C@@H](CC(=O)O)Cc2cccc(C#N)c2)c1OC. The van der Waals surface area contributed by atoms with E-state index in [0.717, 1.165) is 5.56 Å². The maximum Gasteiger partial charge on any atom is 0.305 e. The van der Waals surface area contributed by atoms with Crippen LogP contribution in [0.4, 0.5) is 0 Å². The number of carboxylic acid groups (broad SMARTS) is 1. The Hall–Kier alpha value is -3.53. The first kappa shape index (κ1) is 20.8. The molecule has 0 aromatic heterocycles. The molecule has 0 unspecified atom stereocenters. The minimum absolute atomic E-state index is 0.0225. The van der Waals surface area contributed by atoms with Crippen LogP contribution in [0.3, 0.4) is 0 Å². The van der Waals surface area contributed by atoms with Crippen LogP contribution in [0.5, 0.6) is 11.5 Å². The van der Waals surface area contributed by atoms with E-state index in [2.05, 4.69) is 5.32 Å². The van der Waals surface area contributed by atoms with Crippen molar-refractivity contribution in [2.45, 2.75) is 25.3 Å². The number of carboxylic acids is 1. The van der Waals surface area contributed by atoms with Crippen molar-refractivity contribution in [3.63, 3.8) is 0 Å². The van der Waals surface area contributed by atoms with Crippen molar-refractivity contribution < 1.29 is 24.2 Å². The number of nitrogens with one attached hydrogen (secondary N) is 1. The molecular formula is C21H22N2O5. The van der Waals surface area contributed by atoms with Crippen molar-refractivity contribution in [1.82, 2.24) is 5.32 Å². The number of amides is 1. The quantitative estimate of drug-likeness (QED) is 0.689. The van der Waals surface area contributed by atoms with Gasteiger partial charge < -0.3 is 19.9 Å². The molecule has 1 amide bonds. The summed E-state index contributed by atoms with van der Waals surface area (Å²) < 4.78 is 10.6. The van der Waals surface area contributed by atoms with Gasteiger partial charge in [0.2, 0.25) is 5.91 Å². The van der Waals surface area contributed by atoms with Gasteiger partial charge in [-0.15, -0.1) is 0 Å². The van der Waals surface area contributed by atoms with E-state index in [1.165, 1.54) is 14.2 Å². The standard InChI is InChI=1S/C21H22N2O5/c1-27-18-8-4-7-16(21(18)28-2)11-19(24)23-17(12-20(25)26)10-14-5-3-6-15(9-14)13-22/h3-9,17H,10-12H2,1-2H3,(H,23,24)(H,25,26)/t17-/m1/s1. The van der Waals surface area contributed by atoms with E-state index in [1.807, 2.05) is 6.07 Å². The number of hydrogen-bond donors (Lipinski definition) is 2. The number of hydrogen-bond acceptors (Lipinski definition) is 5. The monoisotopic (exact) mass is 382 g/mol. The fourth-order valence-corrected chi connectivity index (χ4v) is 2.98. The highest BCUT2D eigenvalue weighted by Gasteiger charge is 2.19. The summed E-state index contributed by atoms with van der Waals surface area (Å²) in [6, 6.07) is 13.6. The Morgan fingerprint density at radius 2 is 1.93 bits per heavy atom. The summed E-state index contributed by atoms with van der Waals surface area (Å²) in [4.78, 5) is 23.7. The first-order chi connectivity index (χ1) is 13.5. The van der Waals surface area contributed by atoms with Gasteiger partial charge in [0.25, 0.3) is 0 Å². The molecule has 7 heteroatoms. The van der Waals surface area contributed by atoms with Crippen LogP contribution in [0.25, 0.3) is 0 Å². The molecule has 0 heterocycles. The zero-order valence-corrected chi connectivity index (χ0v) is 15.8. The Labute approximate surface area is 163 Å². The number of nitrogens with zero attached hydrogens (tertiary/aromatic N) is 1. The van der Waals surface area contributed by atoms with Gasteiger partial charge in [0.15, 0.2) is 11.5 Å². The van der Waals surface area contributed by atoms with Gasteiger partial charge in [-0.3, -0.25) is 9.59 Å². The molecule has 0 aliphatic carbocycles. The van der Waals surface area contributed by atoms with Gasteiger partial charge in [0, 0.05) is 11.6 Å². The Morgan fingerprint density at radius 1 is 1.18 bits per heavy atom. The maximum atomic E-state index is 12.5. The van der Waals surface area contributed by atoms with Crippen LogP contribution in [0.2, 0.25) is 0 Å². The minimum Gasteiger partial charge on any atom is -0.493 e. The number of ether oxygens (including phenoxy) is 2. The third kappa shape index (κ3) is 5.74. The van der Waals surface area contributed by atoms with Crippen LogP contribution in [-0.2, 0) is 22.4 Å². The smallest absolute Gasteiger partial charge is 0.305 e. The lowest BCUT2D eigenvalue weighted by atomic mass is 10.0. The lowest BCUT2D eigenvalue weighted by Crippen LogP contribution is -2.39. The first-order valence-electron chi connectivity index (χ1n) is 8.66. The predicted molar refractivity (Wildman–Crippen MR) is 102 cm³/mol. The number of benzene rings is 2. The number of para-hydroxylation sites is 1. The van der Waals surface area contributed by atoms with Gasteiger partial charge >= 0.3 is 5.97 Å². The van der Waals surface area contributed by atoms with E-state index >= 15 is 0 Å². The van der Waals surface area contributed by atoms with E-state index in [4.69, 9.17) is 14.7 Å². The fraction of sp³-hybridized carbons (Fsp3) is 0.286. The largest absolute Gasteiger partial charge is 0.493 e. The highest BCUT2D eigenvalue weighted by molar-refractivity contribution is 5.80. The Bertz CT molecular complexity index is 889. The Kier molecular flexibility index (Phi) is 7.40. The number of nitriles is 1. The molecule has 0 bridgehead atoms. The number of carbonyl (C=O) groups excluding carboxylic acids is 1. The Balaban J connectivity index is 2.13. The molecule has 0 aliphatic heterocycles. The van der Waals surface area contributed by atoms with Crippen molar-refractivity contribution in [2.24, 2.45) is 0 Å². The summed E-state index contributed by atoms with van der Waals surface area (Å²) >= 11 is 0. The molecule has 2 aromatic rings. The van der Waals surface area contributed by atoms with Gasteiger partial charge in [0.05, 0.1) is 38.7 Å². The van der Waals surface area contributed by atoms with Gasteiger partial charge in [0.1, 0.15) is 0 Å². The number of aliphatic carboxylic acids is 1. The molecule has 2 aromatic carbocycles. The second-order valence-corrected chi connectivity index (χ2v) is 6.21. The zero-order chi connectivity index (χ0) is 20.5. The van der Waals surface area contributed by atoms with Crippen molar-refractivity contribution in [3.05, 3.63) is 59.2 Å². The lowest BCUT2D eigenvalue weighted by Gasteiger charge is -2.18. The molecule has 0 radical (unpaired) electrons. The molecule has 0 spiro atoms. The molecule has 0 saturated heterocycles. The summed E-state index contributed by atoms with van der Waals surface area (Å²) in [6.45, 7) is 0. The molecule has 2 N–H and O–H groups in total. The molecule has 0 fully saturated rings. The van der Waals surface area contributed by atoms with Gasteiger partial charge in [-0.2, -0.15) is 5.26 Å². The molecule has 0 saturated carbocycles. The van der Waals surface area contributed by atoms with E-state index in [1.54, 1.807) is 42.5 Å². The van der Waals surface area contributed by atoms with Crippen LogP contribution in [-0.4, -0.2) is 37.2 Å². The summed E-state index contributed by atoms with van der Waals surface area (Å²) in [5.41, 5.74) is 1.91. The summed E-state index contributed by atoms with van der Waals surface area (Å²) in [7, 11) is 3.01. The average molecular weight is 382 g/mol. The molecular weight excluding hydrogens is 360 g/mol. The molecule has 2 rings (SSSR count). The van der Waals surface area contributed by atoms with Crippen molar-refractivity contribution in [1.29, 1.82) is 5.26 Å². The highest BCUT2D eigenvalue weighted by Crippen LogP contribution is 2.30. The number of rotatable bonds is 9. The minimum atomic E-state index is -1.01. The third-order valence-corrected chi connectivity index (χ3v) is 4.16. The van der Waals surface area contributed by atoms with Crippen molar-refractivity contribution in [3.8, 4) is 17.6 Å². The van der Waals surface area contributed by atoms with Gasteiger partial charge in [-0.05, 0) is 30.2 Å². The number of methoxy groups -OCH3 is 2. The predicted octanol–water partition coefficient (Wildman–Crippen LogP) is 2.32. The number of carbonyl (C=O) groups is 2. The topological polar surface area (TPSA) is 109 Å². The van der Waals surface area contributed by atoms with Crippen LogP contribution >= 0.6 is 0 Å². The Morgan fingerprint density at radius 3 is 2.57 bits per heavy atom. The summed E-state index contributed by atoms with van der Waals surface area (Å²) in [6.07, 6.45) is 0.106. The van der Waals surface area contributed by atoms with Crippen LogP contribution in [0.15, 0.2) is 42.5 Å². The molecule has 1 atom stereocenters. The molecule has 0 aliphatic rings. The van der Waals surface area contributed by atoms with E-state index in [0.29, 0.717) is 29.0 Å². The van der Waals surface area contributed by atoms with E-state index in [-0.39, 0.29) is 18.7 Å². The first-order valence-corrected chi connectivity index (χ1v) is 8.66. The van der Waals surface area contributed by atoms with Crippen LogP contribution in [0.1, 0.15) is 23.1 Å². The third-order valence-electron chi connectivity index (χ3n) is 4.16. The maximum absolute atomic E-state index is 12.5. The van der Waals surface area contributed by atoms with Crippen LogP contribution in [0, 0.1) is 11.3 Å². The fourth-order valence-electron chi connectivity index (χ4n) is 2.98. The van der Waals surface area contributed by atoms with E-state index in [9.17, 15) is 14.7 Å².